The van der Waals surface area contributed by atoms with Crippen LogP contribution in [0.5, 0.6) is 5.75 Å². The minimum Gasteiger partial charge on any atom is -0.496 e. The number of anilines is 1. The van der Waals surface area contributed by atoms with Gasteiger partial charge in [-0.15, -0.1) is 0 Å². The van der Waals surface area contributed by atoms with E-state index in [1.165, 1.54) is 6.08 Å². The summed E-state index contributed by atoms with van der Waals surface area (Å²) in [5.74, 6) is -0.333. The Kier molecular flexibility index (Phi) is 10.2. The standard InChI is InChI=1S/C47H54FN7O5/c1-29-31(19-35(48)37-20-40(60-4)32(22-49-37)23-55-27-46(28-55)21-41(56)50-26-46)7-5-8-33(29)34-9-6-10-36(30(34)2)52-43(57)42-51-38-24-54(17-11-39(38)53(42)3)18-16-45-12-14-47(25-45,15-13-45)44(58)59/h5-10,19-20,22H,11-18,21,23-28H2,1-4H3,(H,50,56)(H,52,57)(H,58,59)/b35-19-. The Morgan fingerprint density at radius 2 is 1.80 bits per heavy atom. The lowest BCUT2D eigenvalue weighted by atomic mass is 9.79. The van der Waals surface area contributed by atoms with Crippen molar-refractivity contribution in [2.24, 2.45) is 23.3 Å². The van der Waals surface area contributed by atoms with Gasteiger partial charge in [-0.3, -0.25) is 29.2 Å². The maximum Gasteiger partial charge on any atom is 0.309 e. The number of carbonyl (C=O) groups is 3. The Morgan fingerprint density at radius 1 is 1.05 bits per heavy atom. The van der Waals surface area contributed by atoms with Gasteiger partial charge in [0.15, 0.2) is 5.82 Å². The van der Waals surface area contributed by atoms with Crippen LogP contribution in [0, 0.1) is 30.1 Å². The van der Waals surface area contributed by atoms with Gasteiger partial charge in [-0.1, -0.05) is 30.3 Å². The number of imidazole rings is 1. The molecular weight excluding hydrogens is 762 g/mol. The average molecular weight is 816 g/mol. The molecule has 2 aromatic carbocycles. The van der Waals surface area contributed by atoms with Crippen LogP contribution in [0.25, 0.3) is 23.0 Å². The van der Waals surface area contributed by atoms with Gasteiger partial charge in [-0.05, 0) is 104 Å². The van der Waals surface area contributed by atoms with Gasteiger partial charge in [0.1, 0.15) is 17.3 Å². The van der Waals surface area contributed by atoms with E-state index in [4.69, 9.17) is 9.72 Å². The lowest BCUT2D eigenvalue weighted by molar-refractivity contribution is -0.148. The highest BCUT2D eigenvalue weighted by molar-refractivity contribution is 6.03. The summed E-state index contributed by atoms with van der Waals surface area (Å²) in [6.45, 7) is 9.38. The summed E-state index contributed by atoms with van der Waals surface area (Å²) < 4.78 is 23.5. The molecule has 2 saturated heterocycles. The monoisotopic (exact) mass is 815 g/mol. The normalized spacial score (nSPS) is 23.4. The molecule has 0 unspecified atom stereocenters. The molecule has 9 rings (SSSR count). The van der Waals surface area contributed by atoms with Crippen molar-refractivity contribution in [2.45, 2.75) is 78.3 Å². The molecule has 2 bridgehead atoms. The van der Waals surface area contributed by atoms with Crippen molar-refractivity contribution in [1.29, 1.82) is 0 Å². The highest BCUT2D eigenvalue weighted by Gasteiger charge is 2.58. The van der Waals surface area contributed by atoms with Crippen molar-refractivity contribution < 1.29 is 28.6 Å². The molecule has 5 heterocycles. The quantitative estimate of drug-likeness (QED) is 0.139. The number of ether oxygens (including phenoxy) is 1. The van der Waals surface area contributed by atoms with Crippen molar-refractivity contribution in [3.63, 3.8) is 0 Å². The number of carbonyl (C=O) groups excluding carboxylic acids is 2. The van der Waals surface area contributed by atoms with Gasteiger partial charge < -0.3 is 25.0 Å². The third-order valence-electron chi connectivity index (χ3n) is 14.6. The summed E-state index contributed by atoms with van der Waals surface area (Å²) in [5, 5.41) is 15.9. The molecule has 12 nitrogen and oxygen atoms in total. The maximum atomic E-state index is 15.9. The molecule has 13 heteroatoms. The van der Waals surface area contributed by atoms with Gasteiger partial charge in [0.05, 0.1) is 18.2 Å². The maximum absolute atomic E-state index is 15.9. The number of aliphatic carboxylic acids is 1. The first-order chi connectivity index (χ1) is 28.8. The average Bonchev–Trinajstić information content (AvgIpc) is 4.00. The van der Waals surface area contributed by atoms with Crippen LogP contribution < -0.4 is 15.4 Å². The number of pyridine rings is 1. The number of halogens is 1. The molecule has 1 spiro atoms. The van der Waals surface area contributed by atoms with E-state index in [0.29, 0.717) is 48.9 Å². The minimum atomic E-state index is -0.622. The van der Waals surface area contributed by atoms with Crippen LogP contribution in [-0.2, 0) is 36.1 Å². The van der Waals surface area contributed by atoms with Crippen LogP contribution in [-0.4, -0.2) is 87.1 Å². The van der Waals surface area contributed by atoms with Crippen molar-refractivity contribution in [1.82, 2.24) is 29.7 Å². The minimum absolute atomic E-state index is 0.0179. The zero-order valence-corrected chi connectivity index (χ0v) is 35.0. The lowest BCUT2D eigenvalue weighted by Gasteiger charge is -2.47. The number of hydrogen-bond acceptors (Lipinski definition) is 8. The summed E-state index contributed by atoms with van der Waals surface area (Å²) in [6, 6.07) is 13.2. The molecule has 3 N–H and O–H groups in total. The summed E-state index contributed by atoms with van der Waals surface area (Å²) in [4.78, 5) is 51.6. The smallest absolute Gasteiger partial charge is 0.309 e. The highest BCUT2D eigenvalue weighted by Crippen LogP contribution is 2.63. The van der Waals surface area contributed by atoms with Crippen LogP contribution in [0.1, 0.15) is 94.9 Å². The predicted molar refractivity (Wildman–Crippen MR) is 227 cm³/mol. The Bertz CT molecular complexity index is 2430. The van der Waals surface area contributed by atoms with Gasteiger partial charge in [-0.25, -0.2) is 9.37 Å². The lowest BCUT2D eigenvalue weighted by Crippen LogP contribution is -2.56. The second-order valence-corrected chi connectivity index (χ2v) is 18.4. The van der Waals surface area contributed by atoms with Crippen LogP contribution in [0.15, 0.2) is 48.7 Å². The van der Waals surface area contributed by atoms with Crippen molar-refractivity contribution in [3.8, 4) is 16.9 Å². The number of likely N-dealkylation sites (tertiary alicyclic amines) is 1. The van der Waals surface area contributed by atoms with E-state index >= 15 is 4.39 Å². The molecule has 60 heavy (non-hydrogen) atoms. The molecule has 4 fully saturated rings. The second kappa shape index (κ2) is 15.3. The van der Waals surface area contributed by atoms with Crippen molar-refractivity contribution >= 4 is 35.4 Å². The summed E-state index contributed by atoms with van der Waals surface area (Å²) in [7, 11) is 3.48. The third-order valence-corrected chi connectivity index (χ3v) is 14.6. The SMILES string of the molecule is COc1cc(/C(F)=C/c2cccc(-c3cccc(NC(=O)c4nc5c(n4C)CCN(CCC46CCC(C(=O)O)(CC4)C6)C5)c3C)c2C)ncc1CN1CC2(CNC(=O)C2)C1. The molecule has 3 aliphatic heterocycles. The predicted octanol–water partition coefficient (Wildman–Crippen LogP) is 6.93. The topological polar surface area (TPSA) is 142 Å². The van der Waals surface area contributed by atoms with E-state index in [0.717, 1.165) is 110 Å². The number of amides is 2. The molecule has 314 valence electrons. The molecule has 0 atom stereocenters. The van der Waals surface area contributed by atoms with Crippen LogP contribution >= 0.6 is 0 Å². The van der Waals surface area contributed by atoms with E-state index in [-0.39, 0.29) is 28.3 Å². The molecule has 4 aromatic rings. The number of fused-ring (bicyclic) bond motifs is 3. The first kappa shape index (κ1) is 40.0. The van der Waals surface area contributed by atoms with Gasteiger partial charge in [-0.2, -0.15) is 0 Å². The van der Waals surface area contributed by atoms with E-state index in [2.05, 4.69) is 25.4 Å². The number of nitrogens with one attached hydrogen (secondary N) is 2. The summed E-state index contributed by atoms with van der Waals surface area (Å²) >= 11 is 0. The van der Waals surface area contributed by atoms with E-state index in [1.807, 2.05) is 61.9 Å². The van der Waals surface area contributed by atoms with Crippen LogP contribution in [0.4, 0.5) is 10.1 Å². The first-order valence-corrected chi connectivity index (χ1v) is 21.2. The molecule has 2 amide bonds. The van der Waals surface area contributed by atoms with Gasteiger partial charge in [0, 0.05) is 93.8 Å². The van der Waals surface area contributed by atoms with Gasteiger partial charge in [0.25, 0.3) is 5.91 Å². The third kappa shape index (κ3) is 7.19. The zero-order valence-electron chi connectivity index (χ0n) is 35.0. The number of aromatic nitrogens is 3. The largest absolute Gasteiger partial charge is 0.496 e. The van der Waals surface area contributed by atoms with Crippen LogP contribution in [0.3, 0.4) is 0 Å². The molecule has 2 saturated carbocycles. The van der Waals surface area contributed by atoms with Crippen molar-refractivity contribution in [3.05, 3.63) is 93.8 Å². The zero-order chi connectivity index (χ0) is 42.0. The van der Waals surface area contributed by atoms with E-state index < -0.39 is 17.2 Å². The molecule has 0 radical (unpaired) electrons. The number of rotatable bonds is 12. The number of carboxylic acids is 1. The molecular formula is C47H54FN7O5. The first-order valence-electron chi connectivity index (χ1n) is 21.2. The fourth-order valence-electron chi connectivity index (χ4n) is 11.0. The Morgan fingerprint density at radius 3 is 2.50 bits per heavy atom. The Hall–Kier alpha value is -5.40. The summed E-state index contributed by atoms with van der Waals surface area (Å²) in [5.41, 5.74) is 7.71. The number of hydrogen-bond donors (Lipinski definition) is 3. The van der Waals surface area contributed by atoms with Gasteiger partial charge in [0.2, 0.25) is 5.91 Å². The number of methoxy groups -OCH3 is 1. The molecule has 2 aromatic heterocycles. The number of carboxylic acid groups (broad SMARTS) is 1. The number of benzene rings is 2. The van der Waals surface area contributed by atoms with Crippen LogP contribution in [0.2, 0.25) is 0 Å². The second-order valence-electron chi connectivity index (χ2n) is 18.4. The van der Waals surface area contributed by atoms with E-state index in [1.54, 1.807) is 19.4 Å². The Labute approximate surface area is 350 Å². The molecule has 2 aliphatic carbocycles. The summed E-state index contributed by atoms with van der Waals surface area (Å²) in [6.07, 6.45) is 9.95. The molecule has 5 aliphatic rings. The van der Waals surface area contributed by atoms with Crippen molar-refractivity contribution in [2.75, 3.05) is 45.2 Å². The van der Waals surface area contributed by atoms with Gasteiger partial charge >= 0.3 is 5.97 Å². The fourth-order valence-corrected chi connectivity index (χ4v) is 11.0. The Balaban J connectivity index is 0.863. The van der Waals surface area contributed by atoms with E-state index in [9.17, 15) is 19.5 Å². The highest BCUT2D eigenvalue weighted by atomic mass is 19.1. The number of nitrogens with zero attached hydrogens (tertiary/aromatic N) is 5. The fraction of sp³-hybridized carbons (Fsp3) is 0.468.